The minimum Gasteiger partial charge on any atom is -0.451 e. The first-order valence-electron chi connectivity index (χ1n) is 9.06. The molecule has 0 spiro atoms. The minimum atomic E-state index is -0.600. The summed E-state index contributed by atoms with van der Waals surface area (Å²) in [6, 6.07) is 11.5. The normalized spacial score (nSPS) is 10.6. The van der Waals surface area contributed by atoms with Gasteiger partial charge >= 0.3 is 5.97 Å². The van der Waals surface area contributed by atoms with Gasteiger partial charge in [-0.3, -0.25) is 9.78 Å². The molecule has 0 saturated carbocycles. The van der Waals surface area contributed by atoms with Crippen LogP contribution >= 0.6 is 11.3 Å². The second-order valence-electron chi connectivity index (χ2n) is 6.26. The quantitative estimate of drug-likeness (QED) is 0.550. The summed E-state index contributed by atoms with van der Waals surface area (Å²) in [4.78, 5) is 35.3. The summed E-state index contributed by atoms with van der Waals surface area (Å²) in [6.07, 6.45) is 1.65. The summed E-state index contributed by atoms with van der Waals surface area (Å²) >= 11 is 1.18. The van der Waals surface area contributed by atoms with Gasteiger partial charge in [0.15, 0.2) is 6.61 Å². The van der Waals surface area contributed by atoms with E-state index in [9.17, 15) is 14.0 Å². The Morgan fingerprint density at radius 2 is 2.03 bits per heavy atom. The molecule has 2 aromatic heterocycles. The monoisotopic (exact) mass is 413 g/mol. The van der Waals surface area contributed by atoms with Gasteiger partial charge in [0.2, 0.25) is 0 Å². The van der Waals surface area contributed by atoms with E-state index in [0.29, 0.717) is 33.4 Å². The van der Waals surface area contributed by atoms with E-state index in [0.717, 1.165) is 0 Å². The Labute approximate surface area is 172 Å². The van der Waals surface area contributed by atoms with E-state index < -0.39 is 12.6 Å². The predicted molar refractivity (Wildman–Crippen MR) is 108 cm³/mol. The molecule has 29 heavy (non-hydrogen) atoms. The Morgan fingerprint density at radius 1 is 1.21 bits per heavy atom. The van der Waals surface area contributed by atoms with Crippen LogP contribution < -0.4 is 0 Å². The summed E-state index contributed by atoms with van der Waals surface area (Å²) in [5, 5.41) is 0.614. The fourth-order valence-electron chi connectivity index (χ4n) is 2.70. The zero-order valence-electron chi connectivity index (χ0n) is 16.1. The van der Waals surface area contributed by atoms with E-state index in [-0.39, 0.29) is 18.3 Å². The molecule has 0 radical (unpaired) electrons. The number of carbonyl (C=O) groups excluding carboxylic acids is 2. The van der Waals surface area contributed by atoms with Crippen LogP contribution in [0.2, 0.25) is 0 Å². The molecular weight excluding hydrogens is 393 g/mol. The number of esters is 1. The Bertz CT molecular complexity index is 1010. The molecule has 8 heteroatoms. The smallest absolute Gasteiger partial charge is 0.350 e. The molecule has 6 nitrogen and oxygen atoms in total. The molecule has 0 atom stereocenters. The van der Waals surface area contributed by atoms with Gasteiger partial charge in [0.25, 0.3) is 5.91 Å². The summed E-state index contributed by atoms with van der Waals surface area (Å²) in [7, 11) is 0. The van der Waals surface area contributed by atoms with Crippen LogP contribution in [0.25, 0.3) is 10.7 Å². The first kappa shape index (κ1) is 20.6. The predicted octanol–water partition coefficient (Wildman–Crippen LogP) is 3.86. The van der Waals surface area contributed by atoms with Gasteiger partial charge in [0.05, 0.1) is 11.4 Å². The third-order valence-electron chi connectivity index (χ3n) is 4.19. The van der Waals surface area contributed by atoms with Crippen LogP contribution in [-0.4, -0.2) is 39.9 Å². The van der Waals surface area contributed by atoms with E-state index in [2.05, 4.69) is 9.97 Å². The average molecular weight is 413 g/mol. The number of ether oxygens (including phenoxy) is 1. The largest absolute Gasteiger partial charge is 0.451 e. The maximum Gasteiger partial charge on any atom is 0.350 e. The number of halogens is 1. The van der Waals surface area contributed by atoms with Crippen molar-refractivity contribution in [2.45, 2.75) is 20.4 Å². The van der Waals surface area contributed by atoms with Crippen molar-refractivity contribution >= 4 is 23.2 Å². The van der Waals surface area contributed by atoms with E-state index in [4.69, 9.17) is 4.74 Å². The van der Waals surface area contributed by atoms with Crippen molar-refractivity contribution in [2.75, 3.05) is 13.2 Å². The standard InChI is InChI=1S/C21H20FN3O3S/c1-3-25(12-15-7-6-8-16(22)11-15)18(26)13-28-21(27)19-14(2)24-20(29-19)17-9-4-5-10-23-17/h4-11H,3,12-13H2,1-2H3. The highest BCUT2D eigenvalue weighted by atomic mass is 32.1. The molecule has 1 amide bonds. The van der Waals surface area contributed by atoms with E-state index >= 15 is 0 Å². The van der Waals surface area contributed by atoms with Crippen molar-refractivity contribution in [3.05, 3.63) is 70.6 Å². The number of nitrogens with zero attached hydrogens (tertiary/aromatic N) is 3. The summed E-state index contributed by atoms with van der Waals surface area (Å²) in [5.41, 5.74) is 1.87. The van der Waals surface area contributed by atoms with Gasteiger partial charge in [0.1, 0.15) is 15.7 Å². The Hall–Kier alpha value is -3.13. The van der Waals surface area contributed by atoms with E-state index in [1.807, 2.05) is 19.1 Å². The van der Waals surface area contributed by atoms with Crippen LogP contribution in [-0.2, 0) is 16.1 Å². The van der Waals surface area contributed by atoms with Crippen molar-refractivity contribution in [3.63, 3.8) is 0 Å². The Kier molecular flexibility index (Phi) is 6.66. The highest BCUT2D eigenvalue weighted by molar-refractivity contribution is 7.17. The molecule has 3 aromatic rings. The second-order valence-corrected chi connectivity index (χ2v) is 7.26. The Balaban J connectivity index is 1.62. The number of benzene rings is 1. The number of aromatic nitrogens is 2. The average Bonchev–Trinajstić information content (AvgIpc) is 3.12. The molecule has 0 aliphatic rings. The van der Waals surface area contributed by atoms with Gasteiger partial charge in [-0.2, -0.15) is 0 Å². The van der Waals surface area contributed by atoms with Crippen LogP contribution in [0.4, 0.5) is 4.39 Å². The first-order chi connectivity index (χ1) is 14.0. The highest BCUT2D eigenvalue weighted by Gasteiger charge is 2.20. The van der Waals surface area contributed by atoms with Crippen molar-refractivity contribution < 1.29 is 18.7 Å². The maximum atomic E-state index is 13.3. The number of hydrogen-bond donors (Lipinski definition) is 0. The topological polar surface area (TPSA) is 72.4 Å². The molecule has 2 heterocycles. The first-order valence-corrected chi connectivity index (χ1v) is 9.87. The summed E-state index contributed by atoms with van der Waals surface area (Å²) < 4.78 is 18.6. The fraction of sp³-hybridized carbons (Fsp3) is 0.238. The number of aryl methyl sites for hydroxylation is 1. The third kappa shape index (κ3) is 5.23. The number of amides is 1. The molecule has 0 unspecified atom stereocenters. The van der Waals surface area contributed by atoms with E-state index in [1.54, 1.807) is 31.3 Å². The lowest BCUT2D eigenvalue weighted by Crippen LogP contribution is -2.34. The molecule has 150 valence electrons. The van der Waals surface area contributed by atoms with Crippen LogP contribution in [0, 0.1) is 12.7 Å². The molecule has 0 aliphatic carbocycles. The summed E-state index contributed by atoms with van der Waals surface area (Å²) in [6.45, 7) is 3.79. The zero-order valence-corrected chi connectivity index (χ0v) is 16.9. The molecule has 0 fully saturated rings. The molecule has 3 rings (SSSR count). The van der Waals surface area contributed by atoms with Crippen molar-refractivity contribution in [3.8, 4) is 10.7 Å². The third-order valence-corrected chi connectivity index (χ3v) is 5.35. The van der Waals surface area contributed by atoms with Gasteiger partial charge in [0, 0.05) is 19.3 Å². The second kappa shape index (κ2) is 9.38. The number of hydrogen-bond acceptors (Lipinski definition) is 6. The molecule has 1 aromatic carbocycles. The Morgan fingerprint density at radius 3 is 2.72 bits per heavy atom. The number of carbonyl (C=O) groups is 2. The summed E-state index contributed by atoms with van der Waals surface area (Å²) in [5.74, 6) is -1.31. The van der Waals surface area contributed by atoms with Crippen LogP contribution in [0.15, 0.2) is 48.7 Å². The molecule has 0 aliphatic heterocycles. The van der Waals surface area contributed by atoms with E-state index in [1.165, 1.54) is 28.4 Å². The van der Waals surface area contributed by atoms with Crippen LogP contribution in [0.3, 0.4) is 0 Å². The number of thiazole rings is 1. The molecular formula is C21H20FN3O3S. The van der Waals surface area contributed by atoms with Gasteiger partial charge < -0.3 is 9.64 Å². The lowest BCUT2D eigenvalue weighted by atomic mass is 10.2. The van der Waals surface area contributed by atoms with Gasteiger partial charge in [-0.15, -0.1) is 11.3 Å². The van der Waals surface area contributed by atoms with Crippen LogP contribution in [0.1, 0.15) is 27.9 Å². The number of likely N-dealkylation sites (N-methyl/N-ethyl adjacent to an activating group) is 1. The zero-order chi connectivity index (χ0) is 20.8. The van der Waals surface area contributed by atoms with Gasteiger partial charge in [-0.25, -0.2) is 14.2 Å². The number of pyridine rings is 1. The van der Waals surface area contributed by atoms with Crippen molar-refractivity contribution in [2.24, 2.45) is 0 Å². The minimum absolute atomic E-state index is 0.244. The van der Waals surface area contributed by atoms with Crippen LogP contribution in [0.5, 0.6) is 0 Å². The molecule has 0 saturated heterocycles. The molecule has 0 N–H and O–H groups in total. The fourth-order valence-corrected chi connectivity index (χ4v) is 3.64. The maximum absolute atomic E-state index is 13.3. The van der Waals surface area contributed by atoms with Gasteiger partial charge in [-0.05, 0) is 43.7 Å². The van der Waals surface area contributed by atoms with Crippen molar-refractivity contribution in [1.82, 2.24) is 14.9 Å². The molecule has 0 bridgehead atoms. The SMILES string of the molecule is CCN(Cc1cccc(F)c1)C(=O)COC(=O)c1sc(-c2ccccn2)nc1C. The lowest BCUT2D eigenvalue weighted by Gasteiger charge is -2.20. The highest BCUT2D eigenvalue weighted by Crippen LogP contribution is 2.26. The number of rotatable bonds is 7. The van der Waals surface area contributed by atoms with Gasteiger partial charge in [-0.1, -0.05) is 18.2 Å². The lowest BCUT2D eigenvalue weighted by molar-refractivity contribution is -0.134. The van der Waals surface area contributed by atoms with Crippen molar-refractivity contribution in [1.29, 1.82) is 0 Å².